The van der Waals surface area contributed by atoms with Crippen molar-refractivity contribution in [1.82, 2.24) is 0 Å². The molecule has 0 spiro atoms. The van der Waals surface area contributed by atoms with Gasteiger partial charge in [-0.25, -0.2) is 0 Å². The quantitative estimate of drug-likeness (QED) is 0.533. The Balaban J connectivity index is 2.45. The second-order valence-corrected chi connectivity index (χ2v) is 18.0. The van der Waals surface area contributed by atoms with Crippen molar-refractivity contribution in [2.24, 2.45) is 0 Å². The third-order valence-electron chi connectivity index (χ3n) is 0.920. The maximum atomic E-state index is 5.67. The summed E-state index contributed by atoms with van der Waals surface area (Å²) >= 11 is -5.89. The van der Waals surface area contributed by atoms with Gasteiger partial charge in [-0.05, 0) is 0 Å². The van der Waals surface area contributed by atoms with E-state index in [1.807, 2.05) is 0 Å². The molecule has 72 valence electrons. The Kier molecular flexibility index (Phi) is 5.90. The van der Waals surface area contributed by atoms with Crippen LogP contribution in [0.25, 0.3) is 0 Å². The normalized spacial score (nSPS) is 45.0. The van der Waals surface area contributed by atoms with Crippen LogP contribution in [0.15, 0.2) is 0 Å². The van der Waals surface area contributed by atoms with Gasteiger partial charge in [-0.15, -0.1) is 0 Å². The molecule has 0 aromatic rings. The van der Waals surface area contributed by atoms with Crippen molar-refractivity contribution in [2.45, 2.75) is 22.8 Å². The molecule has 0 aromatic heterocycles. The molecule has 8 heteroatoms. The van der Waals surface area contributed by atoms with Crippen molar-refractivity contribution in [3.63, 3.8) is 0 Å². The summed E-state index contributed by atoms with van der Waals surface area (Å²) in [6.07, 6.45) is 0. The molecule has 1 rings (SSSR count). The van der Waals surface area contributed by atoms with Crippen molar-refractivity contribution >= 4 is 61.3 Å². The molecule has 0 bridgehead atoms. The molecule has 1 aliphatic heterocycles. The summed E-state index contributed by atoms with van der Waals surface area (Å²) in [5.41, 5.74) is 8.20. The zero-order chi connectivity index (χ0) is 9.14. The first-order valence-corrected chi connectivity index (χ1v) is 16.9. The molecular weight excluding hydrogens is 412 g/mol. The second-order valence-electron chi connectivity index (χ2n) is 2.09. The molecule has 0 atom stereocenters. The van der Waals surface area contributed by atoms with Gasteiger partial charge in [0.1, 0.15) is 0 Å². The Bertz CT molecular complexity index is 107. The Morgan fingerprint density at radius 1 is 0.500 bits per heavy atom. The van der Waals surface area contributed by atoms with Gasteiger partial charge in [0.25, 0.3) is 0 Å². The van der Waals surface area contributed by atoms with Crippen LogP contribution in [0.4, 0.5) is 0 Å². The standard InChI is InChI=1S/C4H12As4O4/c1-5-9-6(2)11-8(4)12-7(3)10-5/h1-4H3. The molecule has 0 aliphatic carbocycles. The monoisotopic (exact) mass is 424 g/mol. The predicted molar refractivity (Wildman–Crippen MR) is 50.8 cm³/mol. The Labute approximate surface area is 94.1 Å². The number of hydrogen-bond donors (Lipinski definition) is 0. The van der Waals surface area contributed by atoms with Crippen LogP contribution < -0.4 is 0 Å². The SMILES string of the molecule is C[As]1O[As](C)O[As](C)O[As](C)O1. The van der Waals surface area contributed by atoms with E-state index in [9.17, 15) is 0 Å². The summed E-state index contributed by atoms with van der Waals surface area (Å²) in [5, 5.41) is 0. The zero-order valence-electron chi connectivity index (χ0n) is 7.42. The molecule has 1 fully saturated rings. The van der Waals surface area contributed by atoms with Gasteiger partial charge in [-0.3, -0.25) is 0 Å². The van der Waals surface area contributed by atoms with Gasteiger partial charge in [0.15, 0.2) is 0 Å². The van der Waals surface area contributed by atoms with Crippen LogP contribution in [0.5, 0.6) is 0 Å². The van der Waals surface area contributed by atoms with E-state index in [1.54, 1.807) is 0 Å². The van der Waals surface area contributed by atoms with E-state index in [-0.39, 0.29) is 0 Å². The third-order valence-corrected chi connectivity index (χ3v) is 24.8. The molecule has 12 heavy (non-hydrogen) atoms. The van der Waals surface area contributed by atoms with Crippen molar-refractivity contribution in [3.8, 4) is 0 Å². The second kappa shape index (κ2) is 5.83. The molecule has 0 unspecified atom stereocenters. The summed E-state index contributed by atoms with van der Waals surface area (Å²) in [7, 11) is 0. The van der Waals surface area contributed by atoms with Gasteiger partial charge in [0.2, 0.25) is 0 Å². The molecular formula is C4H12As4O4. The van der Waals surface area contributed by atoms with E-state index in [1.165, 1.54) is 0 Å². The van der Waals surface area contributed by atoms with E-state index >= 15 is 0 Å². The van der Waals surface area contributed by atoms with Crippen molar-refractivity contribution in [1.29, 1.82) is 0 Å². The number of hydrogen-bond acceptors (Lipinski definition) is 4. The zero-order valence-corrected chi connectivity index (χ0v) is 14.9. The van der Waals surface area contributed by atoms with Crippen LogP contribution in [-0.2, 0) is 10.9 Å². The van der Waals surface area contributed by atoms with E-state index in [4.69, 9.17) is 10.9 Å². The van der Waals surface area contributed by atoms with Gasteiger partial charge in [-0.1, -0.05) is 0 Å². The molecule has 4 nitrogen and oxygen atoms in total. The Hall–Kier alpha value is 2.07. The fraction of sp³-hybridized carbons (Fsp3) is 1.00. The summed E-state index contributed by atoms with van der Waals surface area (Å²) in [6, 6.07) is 0. The summed E-state index contributed by atoms with van der Waals surface area (Å²) in [4.78, 5) is 0. The molecule has 0 radical (unpaired) electrons. The molecule has 1 saturated heterocycles. The molecule has 0 N–H and O–H groups in total. The van der Waals surface area contributed by atoms with Gasteiger partial charge < -0.3 is 0 Å². The summed E-state index contributed by atoms with van der Waals surface area (Å²) in [5.74, 6) is 0. The third kappa shape index (κ3) is 4.53. The summed E-state index contributed by atoms with van der Waals surface area (Å²) < 4.78 is 22.7. The van der Waals surface area contributed by atoms with Gasteiger partial charge in [-0.2, -0.15) is 0 Å². The fourth-order valence-corrected chi connectivity index (χ4v) is 25.9. The minimum atomic E-state index is -1.47. The van der Waals surface area contributed by atoms with E-state index in [0.717, 1.165) is 0 Å². The van der Waals surface area contributed by atoms with Crippen LogP contribution >= 0.6 is 0 Å². The summed E-state index contributed by atoms with van der Waals surface area (Å²) in [6.45, 7) is 0. The van der Waals surface area contributed by atoms with Crippen LogP contribution in [0, 0.1) is 0 Å². The molecule has 0 aromatic carbocycles. The topological polar surface area (TPSA) is 36.9 Å². The van der Waals surface area contributed by atoms with E-state index in [2.05, 4.69) is 22.8 Å². The molecule has 1 heterocycles. The van der Waals surface area contributed by atoms with Crippen molar-refractivity contribution in [2.75, 3.05) is 0 Å². The molecule has 0 amide bonds. The van der Waals surface area contributed by atoms with Crippen LogP contribution in [0.2, 0.25) is 22.8 Å². The number of rotatable bonds is 0. The van der Waals surface area contributed by atoms with Crippen LogP contribution in [0.3, 0.4) is 0 Å². The Morgan fingerprint density at radius 3 is 0.833 bits per heavy atom. The van der Waals surface area contributed by atoms with E-state index < -0.39 is 61.3 Å². The first-order chi connectivity index (χ1) is 5.58. The molecule has 1 aliphatic rings. The first kappa shape index (κ1) is 12.1. The predicted octanol–water partition coefficient (Wildman–Crippen LogP) is 0.538. The van der Waals surface area contributed by atoms with Crippen LogP contribution in [-0.4, -0.2) is 61.3 Å². The van der Waals surface area contributed by atoms with E-state index in [0.29, 0.717) is 0 Å². The van der Waals surface area contributed by atoms with Crippen LogP contribution in [0.1, 0.15) is 0 Å². The average molecular weight is 424 g/mol. The molecule has 0 saturated carbocycles. The fourth-order valence-electron chi connectivity index (χ4n) is 0.707. The van der Waals surface area contributed by atoms with Gasteiger partial charge >= 0.3 is 95.0 Å². The first-order valence-electron chi connectivity index (χ1n) is 3.25. The van der Waals surface area contributed by atoms with Gasteiger partial charge in [0, 0.05) is 0 Å². The van der Waals surface area contributed by atoms with Gasteiger partial charge in [0.05, 0.1) is 0 Å². The van der Waals surface area contributed by atoms with Crippen molar-refractivity contribution < 1.29 is 10.9 Å². The maximum absolute atomic E-state index is 5.67. The Morgan fingerprint density at radius 2 is 0.667 bits per heavy atom. The minimum absolute atomic E-state index is 1.47. The average Bonchev–Trinajstić information content (AvgIpc) is 1.81. The van der Waals surface area contributed by atoms with Crippen molar-refractivity contribution in [3.05, 3.63) is 0 Å².